The van der Waals surface area contributed by atoms with E-state index < -0.39 is 0 Å². The molecule has 14 aromatic rings. The van der Waals surface area contributed by atoms with Gasteiger partial charge in [-0.15, -0.1) is 0 Å². The maximum absolute atomic E-state index is 6.23. The van der Waals surface area contributed by atoms with E-state index in [1.54, 1.807) is 0 Å². The normalized spacial score (nSPS) is 11.8. The highest BCUT2D eigenvalue weighted by Crippen LogP contribution is 2.41. The van der Waals surface area contributed by atoms with E-state index in [0.717, 1.165) is 94.3 Å². The number of aromatic nitrogens is 5. The average molecular weight is 882 g/mol. The van der Waals surface area contributed by atoms with E-state index in [9.17, 15) is 0 Å². The van der Waals surface area contributed by atoms with Crippen LogP contribution in [-0.2, 0) is 0 Å². The fraction of sp³-hybridized carbons (Fsp3) is 0. The molecule has 0 saturated heterocycles. The smallest absolute Gasteiger partial charge is 0.164 e. The van der Waals surface area contributed by atoms with E-state index in [1.807, 2.05) is 30.3 Å². The summed E-state index contributed by atoms with van der Waals surface area (Å²) < 4.78 is 11.0. The number of furan rings is 1. The summed E-state index contributed by atoms with van der Waals surface area (Å²) in [7, 11) is 0. The van der Waals surface area contributed by atoms with Gasteiger partial charge in [0.15, 0.2) is 17.5 Å². The number of fused-ring (bicyclic) bond motifs is 9. The number of nitrogens with zero attached hydrogens (tertiary/aromatic N) is 5. The number of benzene rings is 10. The van der Waals surface area contributed by atoms with Crippen LogP contribution in [0.3, 0.4) is 0 Å². The van der Waals surface area contributed by atoms with Gasteiger partial charge >= 0.3 is 0 Å². The standard InChI is InChI=1S/C63H39N5O/c1-2-15-41(16-3-1)61-64-62(66-63(65-61)45-17-14-18-46(37-45)67-54-24-9-4-19-47(54)48-20-5-10-25-55(48)67)42-31-29-40(30-32-42)52-38-43(44-34-36-60-53(39-44)51-23-8-13-28-59(51)69-60)33-35-58(52)68-56-26-11-6-21-49(56)50-22-7-12-27-57(50)68/h1-39H. The highest BCUT2D eigenvalue weighted by Gasteiger charge is 2.19. The van der Waals surface area contributed by atoms with Crippen molar-refractivity contribution < 1.29 is 4.42 Å². The minimum atomic E-state index is 0.602. The fourth-order valence-corrected chi connectivity index (χ4v) is 10.4. The number of hydrogen-bond donors (Lipinski definition) is 0. The monoisotopic (exact) mass is 881 g/mol. The largest absolute Gasteiger partial charge is 0.456 e. The zero-order chi connectivity index (χ0) is 45.4. The van der Waals surface area contributed by atoms with Gasteiger partial charge in [-0.25, -0.2) is 15.0 Å². The molecule has 4 heterocycles. The summed E-state index contributed by atoms with van der Waals surface area (Å²) in [5.74, 6) is 1.82. The van der Waals surface area contributed by atoms with Crippen molar-refractivity contribution in [1.29, 1.82) is 0 Å². The summed E-state index contributed by atoms with van der Waals surface area (Å²) in [6.45, 7) is 0. The van der Waals surface area contributed by atoms with Gasteiger partial charge in [0, 0.05) is 60.3 Å². The summed E-state index contributed by atoms with van der Waals surface area (Å²) in [6.07, 6.45) is 0. The predicted molar refractivity (Wildman–Crippen MR) is 283 cm³/mol. The zero-order valence-electron chi connectivity index (χ0n) is 37.2. The van der Waals surface area contributed by atoms with Crippen molar-refractivity contribution in [3.63, 3.8) is 0 Å². The first-order valence-corrected chi connectivity index (χ1v) is 23.3. The Morgan fingerprint density at radius 2 is 0.725 bits per heavy atom. The molecule has 69 heavy (non-hydrogen) atoms. The quantitative estimate of drug-likeness (QED) is 0.160. The fourth-order valence-electron chi connectivity index (χ4n) is 10.4. The maximum atomic E-state index is 6.23. The van der Waals surface area contributed by atoms with Gasteiger partial charge in [-0.3, -0.25) is 0 Å². The third kappa shape index (κ3) is 6.38. The summed E-state index contributed by atoms with van der Waals surface area (Å²) in [4.78, 5) is 15.5. The molecule has 0 amide bonds. The zero-order valence-corrected chi connectivity index (χ0v) is 37.2. The minimum absolute atomic E-state index is 0.602. The maximum Gasteiger partial charge on any atom is 0.164 e. The van der Waals surface area contributed by atoms with Gasteiger partial charge in [-0.05, 0) is 83.4 Å². The Bertz CT molecular complexity index is 4210. The molecule has 0 bridgehead atoms. The summed E-state index contributed by atoms with van der Waals surface area (Å²) in [5, 5.41) is 7.08. The van der Waals surface area contributed by atoms with Crippen LogP contribution in [0.2, 0.25) is 0 Å². The molecule has 14 rings (SSSR count). The number of para-hydroxylation sites is 5. The van der Waals surface area contributed by atoms with Crippen LogP contribution < -0.4 is 0 Å². The Morgan fingerprint density at radius 3 is 1.36 bits per heavy atom. The SMILES string of the molecule is c1ccc(-c2nc(-c3ccc(-c4cc(-c5ccc6oc7ccccc7c6c5)ccc4-n4c5ccccc5c5ccccc54)cc3)nc(-c3cccc(-n4c5ccccc5c5ccccc54)c3)n2)cc1. The molecular weight excluding hydrogens is 843 g/mol. The van der Waals surface area contributed by atoms with E-state index in [-0.39, 0.29) is 0 Å². The van der Waals surface area contributed by atoms with Gasteiger partial charge in [0.25, 0.3) is 0 Å². The molecule has 0 radical (unpaired) electrons. The molecule has 0 N–H and O–H groups in total. The van der Waals surface area contributed by atoms with Crippen LogP contribution in [0.25, 0.3) is 133 Å². The van der Waals surface area contributed by atoms with Crippen LogP contribution in [0.15, 0.2) is 241 Å². The first-order chi connectivity index (χ1) is 34.2. The van der Waals surface area contributed by atoms with Crippen molar-refractivity contribution in [2.24, 2.45) is 0 Å². The van der Waals surface area contributed by atoms with Crippen LogP contribution in [0.4, 0.5) is 0 Å². The van der Waals surface area contributed by atoms with Crippen molar-refractivity contribution >= 4 is 65.6 Å². The van der Waals surface area contributed by atoms with Gasteiger partial charge in [-0.2, -0.15) is 0 Å². The van der Waals surface area contributed by atoms with Gasteiger partial charge in [0.2, 0.25) is 0 Å². The molecule has 0 fully saturated rings. The second kappa shape index (κ2) is 15.6. The van der Waals surface area contributed by atoms with E-state index in [4.69, 9.17) is 19.4 Å². The molecule has 0 spiro atoms. The van der Waals surface area contributed by atoms with Gasteiger partial charge in [0.1, 0.15) is 11.2 Å². The van der Waals surface area contributed by atoms with Crippen LogP contribution >= 0.6 is 0 Å². The lowest BCUT2D eigenvalue weighted by atomic mass is 9.95. The number of rotatable bonds is 7. The molecule has 4 aromatic heterocycles. The van der Waals surface area contributed by atoms with E-state index in [2.05, 4.69) is 215 Å². The molecule has 0 aliphatic heterocycles. The summed E-state index contributed by atoms with van der Waals surface area (Å²) in [6, 6.07) is 83.5. The minimum Gasteiger partial charge on any atom is -0.456 e. The number of hydrogen-bond acceptors (Lipinski definition) is 4. The first kappa shape index (κ1) is 38.8. The summed E-state index contributed by atoms with van der Waals surface area (Å²) >= 11 is 0. The Balaban J connectivity index is 0.918. The molecule has 10 aromatic carbocycles. The highest BCUT2D eigenvalue weighted by molar-refractivity contribution is 6.11. The summed E-state index contributed by atoms with van der Waals surface area (Å²) in [5.41, 5.74) is 15.6. The predicted octanol–water partition coefficient (Wildman–Crippen LogP) is 16.3. The third-order valence-corrected chi connectivity index (χ3v) is 13.6. The topological polar surface area (TPSA) is 61.7 Å². The molecule has 322 valence electrons. The first-order valence-electron chi connectivity index (χ1n) is 23.3. The van der Waals surface area contributed by atoms with Crippen molar-refractivity contribution in [2.45, 2.75) is 0 Å². The molecule has 6 heteroatoms. The van der Waals surface area contributed by atoms with E-state index >= 15 is 0 Å². The molecule has 0 saturated carbocycles. The average Bonchev–Trinajstić information content (AvgIpc) is 4.09. The molecular formula is C63H39N5O. The van der Waals surface area contributed by atoms with Crippen LogP contribution in [-0.4, -0.2) is 24.1 Å². The Kier molecular flexibility index (Phi) is 8.79. The van der Waals surface area contributed by atoms with Gasteiger partial charge in [0.05, 0.1) is 27.8 Å². The second-order valence-corrected chi connectivity index (χ2v) is 17.6. The molecule has 0 unspecified atom stereocenters. The lowest BCUT2D eigenvalue weighted by Gasteiger charge is -2.16. The van der Waals surface area contributed by atoms with Gasteiger partial charge < -0.3 is 13.6 Å². The van der Waals surface area contributed by atoms with Crippen molar-refractivity contribution in [3.05, 3.63) is 237 Å². The van der Waals surface area contributed by atoms with Crippen molar-refractivity contribution in [2.75, 3.05) is 0 Å². The molecule has 6 nitrogen and oxygen atoms in total. The van der Waals surface area contributed by atoms with E-state index in [0.29, 0.717) is 17.5 Å². The van der Waals surface area contributed by atoms with Crippen molar-refractivity contribution in [3.8, 4) is 67.8 Å². The second-order valence-electron chi connectivity index (χ2n) is 17.6. The Hall–Kier alpha value is -9.39. The van der Waals surface area contributed by atoms with Gasteiger partial charge in [-0.1, -0.05) is 170 Å². The lowest BCUT2D eigenvalue weighted by molar-refractivity contribution is 0.669. The van der Waals surface area contributed by atoms with Crippen molar-refractivity contribution in [1.82, 2.24) is 24.1 Å². The van der Waals surface area contributed by atoms with E-state index in [1.165, 1.54) is 21.5 Å². The molecule has 0 aliphatic rings. The molecule has 0 aliphatic carbocycles. The highest BCUT2D eigenvalue weighted by atomic mass is 16.3. The Morgan fingerprint density at radius 1 is 0.275 bits per heavy atom. The Labute approximate surface area is 396 Å². The molecule has 0 atom stereocenters. The van der Waals surface area contributed by atoms with Crippen LogP contribution in [0.5, 0.6) is 0 Å². The lowest BCUT2D eigenvalue weighted by Crippen LogP contribution is -2.01. The third-order valence-electron chi connectivity index (χ3n) is 13.6. The van der Waals surface area contributed by atoms with Crippen LogP contribution in [0.1, 0.15) is 0 Å². The van der Waals surface area contributed by atoms with Crippen LogP contribution in [0, 0.1) is 0 Å².